The van der Waals surface area contributed by atoms with Crippen molar-refractivity contribution in [2.75, 3.05) is 6.61 Å². The van der Waals surface area contributed by atoms with Crippen LogP contribution in [0.15, 0.2) is 18.2 Å². The lowest BCUT2D eigenvalue weighted by molar-refractivity contribution is 0.300. The Kier molecular flexibility index (Phi) is 3.92. The van der Waals surface area contributed by atoms with Crippen LogP contribution in [-0.2, 0) is 5.33 Å². The van der Waals surface area contributed by atoms with Gasteiger partial charge in [0, 0.05) is 15.9 Å². The Morgan fingerprint density at radius 2 is 2.20 bits per heavy atom. The molecule has 0 heterocycles. The molecule has 0 bridgehead atoms. The van der Waals surface area contributed by atoms with Gasteiger partial charge in [-0.1, -0.05) is 46.4 Å². The molecular formula is C12H14BrClO. The Balaban J connectivity index is 1.95. The molecule has 0 N–H and O–H groups in total. The number of hydrogen-bond acceptors (Lipinski definition) is 1. The molecule has 0 spiro atoms. The van der Waals surface area contributed by atoms with Crippen molar-refractivity contribution in [3.05, 3.63) is 28.8 Å². The maximum Gasteiger partial charge on any atom is 0.124 e. The average molecular weight is 290 g/mol. The lowest BCUT2D eigenvalue weighted by atomic mass is 10.2. The third-order valence-corrected chi connectivity index (χ3v) is 3.60. The van der Waals surface area contributed by atoms with Gasteiger partial charge in [-0.25, -0.2) is 0 Å². The Bertz CT molecular complexity index is 336. The molecule has 1 fully saturated rings. The van der Waals surface area contributed by atoms with Crippen LogP contribution in [0, 0.1) is 5.92 Å². The second-order valence-corrected chi connectivity index (χ2v) is 4.90. The average Bonchev–Trinajstić information content (AvgIpc) is 3.02. The molecule has 0 aromatic heterocycles. The second kappa shape index (κ2) is 5.22. The van der Waals surface area contributed by atoms with Gasteiger partial charge in [0.2, 0.25) is 0 Å². The molecule has 1 aromatic rings. The first kappa shape index (κ1) is 11.3. The topological polar surface area (TPSA) is 9.23 Å². The van der Waals surface area contributed by atoms with Crippen molar-refractivity contribution in [3.8, 4) is 5.75 Å². The van der Waals surface area contributed by atoms with Crippen LogP contribution in [0.2, 0.25) is 5.02 Å². The summed E-state index contributed by atoms with van der Waals surface area (Å²) in [5.74, 6) is 1.83. The van der Waals surface area contributed by atoms with Gasteiger partial charge in [0.25, 0.3) is 0 Å². The second-order valence-electron chi connectivity index (χ2n) is 3.93. The number of rotatable bonds is 5. The number of hydrogen-bond donors (Lipinski definition) is 0. The van der Waals surface area contributed by atoms with Gasteiger partial charge in [-0.15, -0.1) is 0 Å². The predicted molar refractivity (Wildman–Crippen MR) is 66.9 cm³/mol. The summed E-state index contributed by atoms with van der Waals surface area (Å²) in [6.07, 6.45) is 3.93. The molecule has 1 nitrogen and oxygen atoms in total. The van der Waals surface area contributed by atoms with Crippen LogP contribution in [0.25, 0.3) is 0 Å². The molecule has 1 saturated carbocycles. The van der Waals surface area contributed by atoms with E-state index in [1.165, 1.54) is 19.3 Å². The van der Waals surface area contributed by atoms with E-state index in [-0.39, 0.29) is 0 Å². The molecule has 1 aliphatic carbocycles. The molecule has 0 saturated heterocycles. The monoisotopic (exact) mass is 288 g/mol. The van der Waals surface area contributed by atoms with Gasteiger partial charge < -0.3 is 4.74 Å². The molecule has 0 unspecified atom stereocenters. The third-order valence-electron chi connectivity index (χ3n) is 2.69. The lowest BCUT2D eigenvalue weighted by Gasteiger charge is -2.10. The minimum atomic E-state index is 0.742. The Morgan fingerprint density at radius 3 is 2.87 bits per heavy atom. The molecular weight excluding hydrogens is 275 g/mol. The van der Waals surface area contributed by atoms with Gasteiger partial charge in [0.15, 0.2) is 0 Å². The fourth-order valence-electron chi connectivity index (χ4n) is 1.55. The minimum absolute atomic E-state index is 0.742. The SMILES string of the molecule is Clc1cccc(OCCC2CC2)c1CBr. The van der Waals surface area contributed by atoms with Crippen molar-refractivity contribution in [2.45, 2.75) is 24.6 Å². The molecule has 1 aliphatic rings. The molecule has 0 atom stereocenters. The number of benzene rings is 1. The van der Waals surface area contributed by atoms with E-state index in [0.717, 1.165) is 34.2 Å². The molecule has 0 amide bonds. The summed E-state index contributed by atoms with van der Waals surface area (Å²) in [5, 5.41) is 1.52. The normalized spacial score (nSPS) is 15.3. The van der Waals surface area contributed by atoms with Gasteiger partial charge in [-0.2, -0.15) is 0 Å². The van der Waals surface area contributed by atoms with Crippen molar-refractivity contribution in [1.82, 2.24) is 0 Å². The van der Waals surface area contributed by atoms with Crippen LogP contribution < -0.4 is 4.74 Å². The summed E-state index contributed by atoms with van der Waals surface area (Å²) in [7, 11) is 0. The van der Waals surface area contributed by atoms with E-state index in [1.807, 2.05) is 18.2 Å². The van der Waals surface area contributed by atoms with Crippen molar-refractivity contribution < 1.29 is 4.74 Å². The zero-order chi connectivity index (χ0) is 10.7. The molecule has 0 radical (unpaired) electrons. The highest BCUT2D eigenvalue weighted by atomic mass is 79.9. The van der Waals surface area contributed by atoms with Crippen LogP contribution in [0.4, 0.5) is 0 Å². The van der Waals surface area contributed by atoms with Crippen LogP contribution in [0.1, 0.15) is 24.8 Å². The molecule has 2 rings (SSSR count). The van der Waals surface area contributed by atoms with E-state index in [4.69, 9.17) is 16.3 Å². The van der Waals surface area contributed by atoms with Crippen molar-refractivity contribution in [1.29, 1.82) is 0 Å². The molecule has 1 aromatic carbocycles. The van der Waals surface area contributed by atoms with Crippen LogP contribution in [0.5, 0.6) is 5.75 Å². The lowest BCUT2D eigenvalue weighted by Crippen LogP contribution is -2.00. The summed E-state index contributed by atoms with van der Waals surface area (Å²) >= 11 is 9.50. The van der Waals surface area contributed by atoms with Gasteiger partial charge in [0.1, 0.15) is 5.75 Å². The van der Waals surface area contributed by atoms with Crippen molar-refractivity contribution >= 4 is 27.5 Å². The quantitative estimate of drug-likeness (QED) is 0.729. The van der Waals surface area contributed by atoms with E-state index in [9.17, 15) is 0 Å². The summed E-state index contributed by atoms with van der Waals surface area (Å²) in [6.45, 7) is 0.811. The summed E-state index contributed by atoms with van der Waals surface area (Å²) in [4.78, 5) is 0. The van der Waals surface area contributed by atoms with E-state index in [2.05, 4.69) is 15.9 Å². The molecule has 82 valence electrons. The smallest absolute Gasteiger partial charge is 0.124 e. The van der Waals surface area contributed by atoms with Crippen LogP contribution in [-0.4, -0.2) is 6.61 Å². The van der Waals surface area contributed by atoms with Gasteiger partial charge in [-0.05, 0) is 24.5 Å². The first-order chi connectivity index (χ1) is 7.31. The van der Waals surface area contributed by atoms with E-state index in [0.29, 0.717) is 0 Å². The predicted octanol–water partition coefficient (Wildman–Crippen LogP) is 4.41. The van der Waals surface area contributed by atoms with E-state index >= 15 is 0 Å². The standard InChI is InChI=1S/C12H14BrClO/c13-8-10-11(14)2-1-3-12(10)15-7-6-9-4-5-9/h1-3,9H,4-8H2. The van der Waals surface area contributed by atoms with E-state index in [1.54, 1.807) is 0 Å². The first-order valence-electron chi connectivity index (χ1n) is 5.27. The Hall–Kier alpha value is -0.210. The van der Waals surface area contributed by atoms with Crippen LogP contribution in [0.3, 0.4) is 0 Å². The summed E-state index contributed by atoms with van der Waals surface area (Å²) < 4.78 is 5.75. The highest BCUT2D eigenvalue weighted by Crippen LogP contribution is 2.33. The van der Waals surface area contributed by atoms with E-state index < -0.39 is 0 Å². The largest absolute Gasteiger partial charge is 0.493 e. The third kappa shape index (κ3) is 3.12. The number of alkyl halides is 1. The highest BCUT2D eigenvalue weighted by molar-refractivity contribution is 9.08. The summed E-state index contributed by atoms with van der Waals surface area (Å²) in [5.41, 5.74) is 1.05. The number of halogens is 2. The van der Waals surface area contributed by atoms with Gasteiger partial charge in [-0.3, -0.25) is 0 Å². The zero-order valence-corrected chi connectivity index (χ0v) is 10.9. The van der Waals surface area contributed by atoms with Gasteiger partial charge in [0.05, 0.1) is 6.61 Å². The molecule has 0 aliphatic heterocycles. The maximum atomic E-state index is 6.07. The maximum absolute atomic E-state index is 6.07. The fraction of sp³-hybridized carbons (Fsp3) is 0.500. The van der Waals surface area contributed by atoms with Crippen molar-refractivity contribution in [3.63, 3.8) is 0 Å². The fourth-order valence-corrected chi connectivity index (χ4v) is 2.52. The Morgan fingerprint density at radius 1 is 1.40 bits per heavy atom. The summed E-state index contributed by atoms with van der Waals surface area (Å²) in [6, 6.07) is 5.81. The highest BCUT2D eigenvalue weighted by Gasteiger charge is 2.20. The number of ether oxygens (including phenoxy) is 1. The molecule has 15 heavy (non-hydrogen) atoms. The Labute approximate surface area is 104 Å². The zero-order valence-electron chi connectivity index (χ0n) is 8.51. The van der Waals surface area contributed by atoms with Crippen LogP contribution >= 0.6 is 27.5 Å². The minimum Gasteiger partial charge on any atom is -0.493 e. The van der Waals surface area contributed by atoms with Gasteiger partial charge >= 0.3 is 0 Å². The van der Waals surface area contributed by atoms with Crippen molar-refractivity contribution in [2.24, 2.45) is 5.92 Å². The first-order valence-corrected chi connectivity index (χ1v) is 6.77. The molecule has 3 heteroatoms.